The molecule has 7 nitrogen and oxygen atoms in total. The Balaban J connectivity index is 1.54. The zero-order valence-corrected chi connectivity index (χ0v) is 18.4. The molecular weight excluding hydrogens is 404 g/mol. The van der Waals surface area contributed by atoms with Crippen molar-refractivity contribution in [2.45, 2.75) is 45.2 Å². The highest BCUT2D eigenvalue weighted by Gasteiger charge is 2.25. The zero-order valence-electron chi connectivity index (χ0n) is 18.4. The van der Waals surface area contributed by atoms with Crippen LogP contribution in [0.4, 0.5) is 5.82 Å². The van der Waals surface area contributed by atoms with Crippen LogP contribution < -0.4 is 15.8 Å². The summed E-state index contributed by atoms with van der Waals surface area (Å²) in [4.78, 5) is 24.4. The number of hydrogen-bond donors (Lipinski definition) is 2. The van der Waals surface area contributed by atoms with Crippen molar-refractivity contribution < 1.29 is 14.3 Å². The predicted octanol–water partition coefficient (Wildman–Crippen LogP) is 4.31. The molecule has 0 atom stereocenters. The SMILES string of the molecule is COc1ccccc1C(=O)NCc1ccc(-c2nn(C3CCCC3)c(N)c2C=O)c(C)c1. The van der Waals surface area contributed by atoms with Gasteiger partial charge in [-0.2, -0.15) is 5.10 Å². The summed E-state index contributed by atoms with van der Waals surface area (Å²) in [6.07, 6.45) is 5.18. The minimum absolute atomic E-state index is 0.199. The van der Waals surface area contributed by atoms with Crippen LogP contribution in [0, 0.1) is 6.92 Å². The Labute approximate surface area is 187 Å². The van der Waals surface area contributed by atoms with Gasteiger partial charge in [-0.1, -0.05) is 43.2 Å². The van der Waals surface area contributed by atoms with Crippen molar-refractivity contribution in [1.29, 1.82) is 0 Å². The number of carbonyl (C=O) groups is 2. The Morgan fingerprint density at radius 2 is 2.00 bits per heavy atom. The molecule has 4 rings (SSSR count). The van der Waals surface area contributed by atoms with Gasteiger partial charge < -0.3 is 15.8 Å². The fraction of sp³-hybridized carbons (Fsp3) is 0.320. The van der Waals surface area contributed by atoms with E-state index in [2.05, 4.69) is 5.32 Å². The van der Waals surface area contributed by atoms with Crippen LogP contribution in [0.3, 0.4) is 0 Å². The van der Waals surface area contributed by atoms with Crippen LogP contribution >= 0.6 is 0 Å². The number of nitrogens with zero attached hydrogens (tertiary/aromatic N) is 2. The van der Waals surface area contributed by atoms with Crippen molar-refractivity contribution in [3.05, 3.63) is 64.7 Å². The number of nitrogens with two attached hydrogens (primary N) is 1. The summed E-state index contributed by atoms with van der Waals surface area (Å²) in [6, 6.07) is 13.2. The molecule has 166 valence electrons. The van der Waals surface area contributed by atoms with E-state index in [9.17, 15) is 9.59 Å². The number of aromatic nitrogens is 2. The average molecular weight is 433 g/mol. The summed E-state index contributed by atoms with van der Waals surface area (Å²) < 4.78 is 7.09. The highest BCUT2D eigenvalue weighted by Crippen LogP contribution is 2.36. The van der Waals surface area contributed by atoms with E-state index in [-0.39, 0.29) is 11.9 Å². The zero-order chi connectivity index (χ0) is 22.7. The predicted molar refractivity (Wildman–Crippen MR) is 124 cm³/mol. The van der Waals surface area contributed by atoms with Gasteiger partial charge in [-0.05, 0) is 43.0 Å². The second-order valence-electron chi connectivity index (χ2n) is 8.18. The number of rotatable bonds is 7. The number of para-hydroxylation sites is 1. The van der Waals surface area contributed by atoms with Crippen molar-refractivity contribution >= 4 is 18.0 Å². The Morgan fingerprint density at radius 3 is 2.69 bits per heavy atom. The summed E-state index contributed by atoms with van der Waals surface area (Å²) in [5.41, 5.74) is 10.6. The van der Waals surface area contributed by atoms with Crippen molar-refractivity contribution in [3.63, 3.8) is 0 Å². The van der Waals surface area contributed by atoms with Gasteiger partial charge in [0.15, 0.2) is 6.29 Å². The van der Waals surface area contributed by atoms with Crippen LogP contribution in [0.25, 0.3) is 11.3 Å². The minimum Gasteiger partial charge on any atom is -0.496 e. The number of nitrogens with one attached hydrogen (secondary N) is 1. The molecular formula is C25H28N4O3. The lowest BCUT2D eigenvalue weighted by molar-refractivity contribution is 0.0947. The summed E-state index contributed by atoms with van der Waals surface area (Å²) in [7, 11) is 1.54. The molecule has 0 radical (unpaired) electrons. The molecule has 3 N–H and O–H groups in total. The van der Waals surface area contributed by atoms with Gasteiger partial charge in [-0.25, -0.2) is 4.68 Å². The highest BCUT2D eigenvalue weighted by molar-refractivity contribution is 5.97. The maximum atomic E-state index is 12.6. The van der Waals surface area contributed by atoms with Crippen LogP contribution in [0.15, 0.2) is 42.5 Å². The Bertz CT molecular complexity index is 1150. The van der Waals surface area contributed by atoms with E-state index in [1.165, 1.54) is 0 Å². The lowest BCUT2D eigenvalue weighted by Crippen LogP contribution is -2.23. The molecule has 1 fully saturated rings. The summed E-state index contributed by atoms with van der Waals surface area (Å²) >= 11 is 0. The quantitative estimate of drug-likeness (QED) is 0.542. The molecule has 0 bridgehead atoms. The smallest absolute Gasteiger partial charge is 0.255 e. The Kier molecular flexibility index (Phi) is 6.25. The average Bonchev–Trinajstić information content (AvgIpc) is 3.45. The Morgan fingerprint density at radius 1 is 1.25 bits per heavy atom. The van der Waals surface area contributed by atoms with Gasteiger partial charge >= 0.3 is 0 Å². The molecule has 2 aromatic carbocycles. The van der Waals surface area contributed by atoms with Gasteiger partial charge in [0.1, 0.15) is 17.3 Å². The van der Waals surface area contributed by atoms with E-state index in [0.29, 0.717) is 34.9 Å². The van der Waals surface area contributed by atoms with E-state index in [1.54, 1.807) is 25.3 Å². The lowest BCUT2D eigenvalue weighted by Gasteiger charge is -2.12. The molecule has 1 amide bonds. The standard InChI is InChI=1S/C25H28N4O3/c1-16-13-17(14-27-25(31)20-9-5-6-10-22(20)32-2)11-12-19(16)23-21(15-30)24(26)29(28-23)18-7-3-4-8-18/h5-6,9-13,15,18H,3-4,7-8,14,26H2,1-2H3,(H,27,31). The molecule has 7 heteroatoms. The normalized spacial score (nSPS) is 13.8. The first kappa shape index (κ1) is 21.6. The summed E-state index contributed by atoms with van der Waals surface area (Å²) in [5, 5.41) is 7.67. The summed E-state index contributed by atoms with van der Waals surface area (Å²) in [5.74, 6) is 0.776. The second-order valence-corrected chi connectivity index (χ2v) is 8.18. The third kappa shape index (κ3) is 4.10. The van der Waals surface area contributed by atoms with Gasteiger partial charge in [-0.3, -0.25) is 9.59 Å². The van der Waals surface area contributed by atoms with Crippen LogP contribution in [0.5, 0.6) is 5.75 Å². The van der Waals surface area contributed by atoms with Crippen LogP contribution in [0.2, 0.25) is 0 Å². The van der Waals surface area contributed by atoms with E-state index >= 15 is 0 Å². The van der Waals surface area contributed by atoms with Crippen molar-refractivity contribution in [3.8, 4) is 17.0 Å². The van der Waals surface area contributed by atoms with Gasteiger partial charge in [0.25, 0.3) is 5.91 Å². The fourth-order valence-electron chi connectivity index (χ4n) is 4.41. The topological polar surface area (TPSA) is 99.2 Å². The Hall–Kier alpha value is -3.61. The first-order valence-electron chi connectivity index (χ1n) is 10.9. The molecule has 1 saturated carbocycles. The number of benzene rings is 2. The first-order chi connectivity index (χ1) is 15.5. The van der Waals surface area contributed by atoms with Gasteiger partial charge in [0.2, 0.25) is 0 Å². The second kappa shape index (κ2) is 9.26. The number of methoxy groups -OCH3 is 1. The molecule has 1 aromatic heterocycles. The largest absolute Gasteiger partial charge is 0.496 e. The van der Waals surface area contributed by atoms with Gasteiger partial charge in [-0.15, -0.1) is 0 Å². The van der Waals surface area contributed by atoms with Gasteiger partial charge in [0, 0.05) is 12.1 Å². The van der Waals surface area contributed by atoms with E-state index < -0.39 is 0 Å². The first-order valence-corrected chi connectivity index (χ1v) is 10.9. The number of hydrogen-bond acceptors (Lipinski definition) is 5. The van der Waals surface area contributed by atoms with Crippen molar-refractivity contribution in [2.75, 3.05) is 12.8 Å². The molecule has 32 heavy (non-hydrogen) atoms. The third-order valence-corrected chi connectivity index (χ3v) is 6.12. The molecule has 1 aliphatic carbocycles. The number of carbonyl (C=O) groups excluding carboxylic acids is 2. The van der Waals surface area contributed by atoms with Gasteiger partial charge in [0.05, 0.1) is 24.3 Å². The lowest BCUT2D eigenvalue weighted by atomic mass is 10.00. The molecule has 0 saturated heterocycles. The number of anilines is 1. The van der Waals surface area contributed by atoms with Crippen LogP contribution in [0.1, 0.15) is 63.6 Å². The molecule has 0 unspecified atom stereocenters. The number of amides is 1. The molecule has 0 aliphatic heterocycles. The monoisotopic (exact) mass is 432 g/mol. The number of aryl methyl sites for hydroxylation is 1. The van der Waals surface area contributed by atoms with Crippen LogP contribution in [-0.4, -0.2) is 29.1 Å². The van der Waals surface area contributed by atoms with Crippen LogP contribution in [-0.2, 0) is 6.54 Å². The van der Waals surface area contributed by atoms with Crippen molar-refractivity contribution in [1.82, 2.24) is 15.1 Å². The molecule has 3 aromatic rings. The molecule has 0 spiro atoms. The van der Waals surface area contributed by atoms with E-state index in [4.69, 9.17) is 15.6 Å². The van der Waals surface area contributed by atoms with E-state index in [1.807, 2.05) is 35.9 Å². The third-order valence-electron chi connectivity index (χ3n) is 6.12. The molecule has 1 heterocycles. The highest BCUT2D eigenvalue weighted by atomic mass is 16.5. The fourth-order valence-corrected chi connectivity index (χ4v) is 4.41. The maximum Gasteiger partial charge on any atom is 0.255 e. The van der Waals surface area contributed by atoms with E-state index in [0.717, 1.165) is 48.7 Å². The number of ether oxygens (including phenoxy) is 1. The van der Waals surface area contributed by atoms with Crippen molar-refractivity contribution in [2.24, 2.45) is 0 Å². The minimum atomic E-state index is -0.199. The number of aldehydes is 1. The molecule has 1 aliphatic rings. The number of nitrogen functional groups attached to an aromatic ring is 1. The maximum absolute atomic E-state index is 12.6. The summed E-state index contributed by atoms with van der Waals surface area (Å²) in [6.45, 7) is 2.34.